The SMILES string of the molecule is Cc1nnc(SCC(=O)Nc2ccc(S(=O)(=O)N3CCCC3)cc2)n1C1CCCCC1. The van der Waals surface area contributed by atoms with Crippen LogP contribution in [0.2, 0.25) is 0 Å². The molecule has 2 heterocycles. The van der Waals surface area contributed by atoms with Crippen molar-refractivity contribution >= 4 is 33.4 Å². The minimum atomic E-state index is -3.44. The first-order chi connectivity index (χ1) is 14.9. The number of aryl methyl sites for hydroxylation is 1. The van der Waals surface area contributed by atoms with Gasteiger partial charge in [-0.1, -0.05) is 31.0 Å². The molecule has 4 rings (SSSR count). The quantitative estimate of drug-likeness (QED) is 0.630. The number of anilines is 1. The van der Waals surface area contributed by atoms with E-state index in [1.807, 2.05) is 6.92 Å². The van der Waals surface area contributed by atoms with E-state index in [4.69, 9.17) is 0 Å². The van der Waals surface area contributed by atoms with Crippen molar-refractivity contribution < 1.29 is 13.2 Å². The number of carbonyl (C=O) groups is 1. The minimum Gasteiger partial charge on any atom is -0.325 e. The first-order valence-electron chi connectivity index (χ1n) is 10.9. The normalized spacial score (nSPS) is 18.4. The van der Waals surface area contributed by atoms with Crippen LogP contribution in [0.25, 0.3) is 0 Å². The van der Waals surface area contributed by atoms with Crippen LogP contribution in [0.15, 0.2) is 34.3 Å². The number of carbonyl (C=O) groups excluding carboxylic acids is 1. The fourth-order valence-corrected chi connectivity index (χ4v) is 6.69. The second kappa shape index (κ2) is 9.70. The Kier molecular flexibility index (Phi) is 6.98. The average molecular weight is 464 g/mol. The highest BCUT2D eigenvalue weighted by Crippen LogP contribution is 2.32. The van der Waals surface area contributed by atoms with Crippen LogP contribution in [0.1, 0.15) is 56.8 Å². The van der Waals surface area contributed by atoms with Gasteiger partial charge in [0.15, 0.2) is 5.16 Å². The summed E-state index contributed by atoms with van der Waals surface area (Å²) in [6.07, 6.45) is 7.78. The molecule has 10 heteroatoms. The van der Waals surface area contributed by atoms with Gasteiger partial charge in [0.25, 0.3) is 0 Å². The Morgan fingerprint density at radius 1 is 1.06 bits per heavy atom. The summed E-state index contributed by atoms with van der Waals surface area (Å²) in [6.45, 7) is 3.11. The van der Waals surface area contributed by atoms with Crippen molar-refractivity contribution in [2.45, 2.75) is 68.0 Å². The molecule has 8 nitrogen and oxygen atoms in total. The number of sulfonamides is 1. The number of nitrogens with zero attached hydrogens (tertiary/aromatic N) is 4. The van der Waals surface area contributed by atoms with Gasteiger partial charge in [0.1, 0.15) is 5.82 Å². The van der Waals surface area contributed by atoms with Crippen LogP contribution >= 0.6 is 11.8 Å². The zero-order chi connectivity index (χ0) is 21.8. The minimum absolute atomic E-state index is 0.156. The summed E-state index contributed by atoms with van der Waals surface area (Å²) < 4.78 is 28.9. The molecule has 1 aliphatic carbocycles. The number of aromatic nitrogens is 3. The lowest BCUT2D eigenvalue weighted by Gasteiger charge is -2.24. The molecule has 2 aromatic rings. The standard InChI is InChI=1S/C21H29N5O3S2/c1-16-23-24-21(26(16)18-7-3-2-4-8-18)30-15-20(27)22-17-9-11-19(12-10-17)31(28,29)25-13-5-6-14-25/h9-12,18H,2-8,13-15H2,1H3,(H,22,27). The number of thioether (sulfide) groups is 1. The maximum absolute atomic E-state index is 12.6. The van der Waals surface area contributed by atoms with Gasteiger partial charge in [-0.15, -0.1) is 10.2 Å². The Morgan fingerprint density at radius 2 is 1.74 bits per heavy atom. The Hall–Kier alpha value is -1.91. The molecule has 0 atom stereocenters. The molecule has 1 aliphatic heterocycles. The Morgan fingerprint density at radius 3 is 2.42 bits per heavy atom. The number of nitrogens with one attached hydrogen (secondary N) is 1. The lowest BCUT2D eigenvalue weighted by molar-refractivity contribution is -0.113. The van der Waals surface area contributed by atoms with E-state index in [1.165, 1.54) is 35.3 Å². The van der Waals surface area contributed by atoms with Gasteiger partial charge in [-0.25, -0.2) is 8.42 Å². The van der Waals surface area contributed by atoms with Crippen molar-refractivity contribution in [1.29, 1.82) is 0 Å². The fraction of sp³-hybridized carbons (Fsp3) is 0.571. The number of rotatable bonds is 7. The molecule has 0 spiro atoms. The molecule has 1 saturated heterocycles. The number of hydrogen-bond acceptors (Lipinski definition) is 6. The topological polar surface area (TPSA) is 97.2 Å². The molecule has 1 aromatic heterocycles. The third-order valence-electron chi connectivity index (χ3n) is 5.95. The summed E-state index contributed by atoms with van der Waals surface area (Å²) in [5.74, 6) is 0.958. The van der Waals surface area contributed by atoms with E-state index >= 15 is 0 Å². The predicted octanol–water partition coefficient (Wildman–Crippen LogP) is 3.61. The van der Waals surface area contributed by atoms with E-state index in [2.05, 4.69) is 20.1 Å². The Balaban J connectivity index is 1.34. The first kappa shape index (κ1) is 22.3. The van der Waals surface area contributed by atoms with E-state index < -0.39 is 10.0 Å². The smallest absolute Gasteiger partial charge is 0.243 e. The van der Waals surface area contributed by atoms with Crippen molar-refractivity contribution in [3.05, 3.63) is 30.1 Å². The largest absolute Gasteiger partial charge is 0.325 e. The van der Waals surface area contributed by atoms with Gasteiger partial charge < -0.3 is 9.88 Å². The lowest BCUT2D eigenvalue weighted by atomic mass is 9.95. The Bertz CT molecular complexity index is 1010. The van der Waals surface area contributed by atoms with Crippen LogP contribution in [-0.2, 0) is 14.8 Å². The average Bonchev–Trinajstić information content (AvgIpc) is 3.44. The second-order valence-electron chi connectivity index (χ2n) is 8.16. The summed E-state index contributed by atoms with van der Waals surface area (Å²) in [5, 5.41) is 12.1. The van der Waals surface area contributed by atoms with E-state index in [0.717, 1.165) is 36.7 Å². The van der Waals surface area contributed by atoms with Crippen LogP contribution in [0.3, 0.4) is 0 Å². The molecule has 1 aromatic carbocycles. The number of amides is 1. The molecule has 1 N–H and O–H groups in total. The van der Waals surface area contributed by atoms with Gasteiger partial charge in [0, 0.05) is 24.8 Å². The summed E-state index contributed by atoms with van der Waals surface area (Å²) in [7, 11) is -3.44. The molecule has 1 amide bonds. The van der Waals surface area contributed by atoms with Gasteiger partial charge in [-0.05, 0) is 56.9 Å². The molecule has 31 heavy (non-hydrogen) atoms. The maximum Gasteiger partial charge on any atom is 0.243 e. The summed E-state index contributed by atoms with van der Waals surface area (Å²) in [4.78, 5) is 12.7. The number of hydrogen-bond donors (Lipinski definition) is 1. The summed E-state index contributed by atoms with van der Waals surface area (Å²) in [5.41, 5.74) is 0.580. The third kappa shape index (κ3) is 5.12. The monoisotopic (exact) mass is 463 g/mol. The fourth-order valence-electron chi connectivity index (χ4n) is 4.32. The van der Waals surface area contributed by atoms with Crippen molar-refractivity contribution in [3.8, 4) is 0 Å². The van der Waals surface area contributed by atoms with E-state index in [1.54, 1.807) is 24.3 Å². The van der Waals surface area contributed by atoms with Crippen LogP contribution < -0.4 is 5.32 Å². The number of benzene rings is 1. The van der Waals surface area contributed by atoms with Gasteiger partial charge in [-0.3, -0.25) is 4.79 Å². The molecule has 2 fully saturated rings. The second-order valence-corrected chi connectivity index (χ2v) is 11.0. The maximum atomic E-state index is 12.6. The highest BCUT2D eigenvalue weighted by Gasteiger charge is 2.27. The van der Waals surface area contributed by atoms with Crippen LogP contribution in [0, 0.1) is 6.92 Å². The van der Waals surface area contributed by atoms with Crippen molar-refractivity contribution in [2.24, 2.45) is 0 Å². The molecule has 0 unspecified atom stereocenters. The first-order valence-corrected chi connectivity index (χ1v) is 13.3. The van der Waals surface area contributed by atoms with Gasteiger partial charge in [0.05, 0.1) is 10.6 Å². The molecule has 1 saturated carbocycles. The van der Waals surface area contributed by atoms with Crippen molar-refractivity contribution in [2.75, 3.05) is 24.2 Å². The zero-order valence-electron chi connectivity index (χ0n) is 17.8. The van der Waals surface area contributed by atoms with Crippen LogP contribution in [0.5, 0.6) is 0 Å². The van der Waals surface area contributed by atoms with Crippen molar-refractivity contribution in [3.63, 3.8) is 0 Å². The van der Waals surface area contributed by atoms with E-state index in [9.17, 15) is 13.2 Å². The van der Waals surface area contributed by atoms with Crippen LogP contribution in [-0.4, -0.2) is 52.2 Å². The van der Waals surface area contributed by atoms with Gasteiger partial charge in [-0.2, -0.15) is 4.31 Å². The molecule has 0 radical (unpaired) electrons. The molecule has 0 bridgehead atoms. The van der Waals surface area contributed by atoms with Gasteiger partial charge >= 0.3 is 0 Å². The highest BCUT2D eigenvalue weighted by molar-refractivity contribution is 7.99. The van der Waals surface area contributed by atoms with E-state index in [-0.39, 0.29) is 16.6 Å². The predicted molar refractivity (Wildman–Crippen MR) is 121 cm³/mol. The van der Waals surface area contributed by atoms with Crippen LogP contribution in [0.4, 0.5) is 5.69 Å². The lowest BCUT2D eigenvalue weighted by Crippen LogP contribution is -2.27. The Labute approximate surface area is 187 Å². The molecular formula is C21H29N5O3S2. The molecule has 168 valence electrons. The summed E-state index contributed by atoms with van der Waals surface area (Å²) in [6, 6.07) is 6.80. The molecular weight excluding hydrogens is 434 g/mol. The summed E-state index contributed by atoms with van der Waals surface area (Å²) >= 11 is 1.39. The molecule has 2 aliphatic rings. The highest BCUT2D eigenvalue weighted by atomic mass is 32.2. The van der Waals surface area contributed by atoms with Gasteiger partial charge in [0.2, 0.25) is 15.9 Å². The van der Waals surface area contributed by atoms with Crippen molar-refractivity contribution in [1.82, 2.24) is 19.1 Å². The zero-order valence-corrected chi connectivity index (χ0v) is 19.4. The third-order valence-corrected chi connectivity index (χ3v) is 8.80. The van der Waals surface area contributed by atoms with E-state index in [0.29, 0.717) is 24.8 Å².